The average molecular weight is 486 g/mol. The third-order valence-electron chi connectivity index (χ3n) is 4.76. The van der Waals surface area contributed by atoms with E-state index >= 15 is 0 Å². The fraction of sp³-hybridized carbons (Fsp3) is 0.300. The van der Waals surface area contributed by atoms with Crippen LogP contribution in [-0.2, 0) is 22.3 Å². The smallest absolute Gasteiger partial charge is 0.370 e. The number of nitrogens with one attached hydrogen (secondary N) is 1. The van der Waals surface area contributed by atoms with E-state index in [-0.39, 0.29) is 24.0 Å². The number of halogens is 6. The first-order valence-corrected chi connectivity index (χ1v) is 9.78. The number of nitrogens with zero attached hydrogens (tertiary/aromatic N) is 5. The van der Waals surface area contributed by atoms with Crippen molar-refractivity contribution in [3.63, 3.8) is 0 Å². The quantitative estimate of drug-likeness (QED) is 0.549. The van der Waals surface area contributed by atoms with E-state index in [4.69, 9.17) is 4.74 Å². The van der Waals surface area contributed by atoms with Gasteiger partial charge in [0.05, 0.1) is 18.5 Å². The number of carbonyl (C=O) groups excluding carboxylic acids is 1. The maximum absolute atomic E-state index is 13.5. The molecule has 1 aliphatic heterocycles. The summed E-state index contributed by atoms with van der Waals surface area (Å²) in [6.45, 7) is -0.698. The summed E-state index contributed by atoms with van der Waals surface area (Å²) in [5, 5.41) is 6.24. The lowest BCUT2D eigenvalue weighted by Crippen LogP contribution is -2.41. The molecule has 1 amide bonds. The zero-order chi connectivity index (χ0) is 24.5. The van der Waals surface area contributed by atoms with Crippen molar-refractivity contribution in [1.29, 1.82) is 0 Å². The van der Waals surface area contributed by atoms with Crippen LogP contribution in [0.1, 0.15) is 5.56 Å². The summed E-state index contributed by atoms with van der Waals surface area (Å²) in [6, 6.07) is 6.44. The lowest BCUT2D eigenvalue weighted by Gasteiger charge is -2.26. The van der Waals surface area contributed by atoms with Crippen LogP contribution in [0.4, 0.5) is 43.7 Å². The van der Waals surface area contributed by atoms with Crippen LogP contribution in [0.2, 0.25) is 0 Å². The number of aromatic nitrogens is 4. The Morgan fingerprint density at radius 2 is 1.79 bits per heavy atom. The van der Waals surface area contributed by atoms with E-state index in [9.17, 15) is 31.1 Å². The molecule has 0 unspecified atom stereocenters. The van der Waals surface area contributed by atoms with E-state index in [2.05, 4.69) is 20.4 Å². The molecular formula is C20H16F6N6O2. The monoisotopic (exact) mass is 486 g/mol. The fourth-order valence-electron chi connectivity index (χ4n) is 3.27. The fourth-order valence-corrected chi connectivity index (χ4v) is 3.27. The molecule has 3 aromatic rings. The van der Waals surface area contributed by atoms with Gasteiger partial charge in [0.15, 0.2) is 0 Å². The topological polar surface area (TPSA) is 85.2 Å². The second-order valence-corrected chi connectivity index (χ2v) is 7.27. The van der Waals surface area contributed by atoms with E-state index < -0.39 is 30.2 Å². The molecular weight excluding hydrogens is 470 g/mol. The number of rotatable bonds is 5. The lowest BCUT2D eigenvalue weighted by atomic mass is 10.1. The van der Waals surface area contributed by atoms with E-state index in [0.29, 0.717) is 35.4 Å². The van der Waals surface area contributed by atoms with Crippen LogP contribution in [0.15, 0.2) is 42.9 Å². The Morgan fingerprint density at radius 3 is 2.44 bits per heavy atom. The van der Waals surface area contributed by atoms with Crippen molar-refractivity contribution >= 4 is 23.2 Å². The number of morpholine rings is 1. The molecule has 1 saturated heterocycles. The summed E-state index contributed by atoms with van der Waals surface area (Å²) >= 11 is 0. The van der Waals surface area contributed by atoms with Gasteiger partial charge in [-0.15, -0.1) is 0 Å². The summed E-state index contributed by atoms with van der Waals surface area (Å²) in [6.07, 6.45) is -7.17. The molecule has 4 rings (SSSR count). The van der Waals surface area contributed by atoms with Gasteiger partial charge in [-0.2, -0.15) is 31.4 Å². The molecule has 2 aromatic heterocycles. The third kappa shape index (κ3) is 5.44. The molecule has 1 N–H and O–H groups in total. The first-order valence-electron chi connectivity index (χ1n) is 9.78. The molecule has 34 heavy (non-hydrogen) atoms. The minimum atomic E-state index is -4.84. The van der Waals surface area contributed by atoms with Crippen LogP contribution in [0.25, 0.3) is 11.3 Å². The molecule has 1 aliphatic rings. The van der Waals surface area contributed by atoms with Gasteiger partial charge in [-0.05, 0) is 24.3 Å². The molecule has 0 spiro atoms. The van der Waals surface area contributed by atoms with Crippen molar-refractivity contribution in [3.05, 3.63) is 48.4 Å². The zero-order valence-electron chi connectivity index (χ0n) is 17.2. The van der Waals surface area contributed by atoms with Gasteiger partial charge in [-0.25, -0.2) is 9.97 Å². The second kappa shape index (κ2) is 8.93. The predicted molar refractivity (Wildman–Crippen MR) is 107 cm³/mol. The minimum Gasteiger partial charge on any atom is -0.370 e. The number of amides is 1. The molecule has 3 heterocycles. The molecule has 8 nitrogen and oxygen atoms in total. The number of alkyl halides is 6. The molecule has 0 saturated carbocycles. The first-order chi connectivity index (χ1) is 16.0. The third-order valence-corrected chi connectivity index (χ3v) is 4.76. The highest BCUT2D eigenvalue weighted by Crippen LogP contribution is 2.36. The lowest BCUT2D eigenvalue weighted by molar-refractivity contribution is -0.142. The van der Waals surface area contributed by atoms with Gasteiger partial charge in [-0.3, -0.25) is 9.48 Å². The highest BCUT2D eigenvalue weighted by Gasteiger charge is 2.36. The van der Waals surface area contributed by atoms with E-state index in [1.165, 1.54) is 0 Å². The Bertz CT molecular complexity index is 1180. The Hall–Kier alpha value is -3.68. The summed E-state index contributed by atoms with van der Waals surface area (Å²) in [7, 11) is 0. The van der Waals surface area contributed by atoms with E-state index in [1.807, 2.05) is 0 Å². The van der Waals surface area contributed by atoms with Gasteiger partial charge >= 0.3 is 12.4 Å². The Labute approximate surface area is 188 Å². The van der Waals surface area contributed by atoms with E-state index in [1.54, 1.807) is 29.2 Å². The number of benzene rings is 1. The normalized spacial score (nSPS) is 15.0. The molecule has 180 valence electrons. The van der Waals surface area contributed by atoms with Crippen LogP contribution in [0.5, 0.6) is 0 Å². The van der Waals surface area contributed by atoms with Crippen LogP contribution in [0, 0.1) is 0 Å². The Balaban J connectivity index is 1.59. The molecule has 0 aliphatic carbocycles. The summed E-state index contributed by atoms with van der Waals surface area (Å²) in [5.74, 6) is -0.407. The number of carbonyl (C=O) groups is 1. The highest BCUT2D eigenvalue weighted by molar-refractivity contribution is 5.95. The Kier molecular flexibility index (Phi) is 6.17. The maximum Gasteiger partial charge on any atom is 0.419 e. The number of anilines is 3. The number of ether oxygens (including phenoxy) is 1. The molecule has 0 atom stereocenters. The highest BCUT2D eigenvalue weighted by atomic mass is 19.4. The predicted octanol–water partition coefficient (Wildman–Crippen LogP) is 4.03. The van der Waals surface area contributed by atoms with Crippen LogP contribution >= 0.6 is 0 Å². The van der Waals surface area contributed by atoms with Crippen LogP contribution in [-0.4, -0.2) is 51.6 Å². The number of hydrogen-bond acceptors (Lipinski definition) is 6. The van der Waals surface area contributed by atoms with Gasteiger partial charge in [0.1, 0.15) is 18.7 Å². The molecule has 0 bridgehead atoms. The second-order valence-electron chi connectivity index (χ2n) is 7.27. The van der Waals surface area contributed by atoms with Crippen molar-refractivity contribution < 1.29 is 35.9 Å². The first kappa shape index (κ1) is 23.5. The van der Waals surface area contributed by atoms with E-state index in [0.717, 1.165) is 12.4 Å². The van der Waals surface area contributed by atoms with Crippen LogP contribution in [0.3, 0.4) is 0 Å². The Morgan fingerprint density at radius 1 is 1.06 bits per heavy atom. The average Bonchev–Trinajstić information content (AvgIpc) is 3.21. The molecule has 1 aromatic carbocycles. The standard InChI is InChI=1S/C20H16F6N6O2/c21-19(22,23)11-31-9-12(7-28-31)17-15(20(24,25)26)8-27-18(30-17)29-13-1-3-14(4-2-13)32-5-6-34-10-16(32)33/h1-4,7-9H,5-6,10-11H2,(H,27,29,30). The van der Waals surface area contributed by atoms with Crippen LogP contribution < -0.4 is 10.2 Å². The van der Waals surface area contributed by atoms with Gasteiger partial charge in [0.25, 0.3) is 5.91 Å². The number of hydrogen-bond donors (Lipinski definition) is 1. The van der Waals surface area contributed by atoms with Crippen molar-refractivity contribution in [2.45, 2.75) is 18.9 Å². The molecule has 0 radical (unpaired) electrons. The van der Waals surface area contributed by atoms with Gasteiger partial charge in [0.2, 0.25) is 5.95 Å². The summed E-state index contributed by atoms with van der Waals surface area (Å²) < 4.78 is 83.8. The van der Waals surface area contributed by atoms with Gasteiger partial charge in [0, 0.05) is 35.9 Å². The molecule has 1 fully saturated rings. The van der Waals surface area contributed by atoms with Crippen molar-refractivity contribution in [3.8, 4) is 11.3 Å². The minimum absolute atomic E-state index is 0.0261. The van der Waals surface area contributed by atoms with Gasteiger partial charge < -0.3 is 15.0 Å². The maximum atomic E-state index is 13.5. The van der Waals surface area contributed by atoms with Crippen molar-refractivity contribution in [1.82, 2.24) is 19.7 Å². The van der Waals surface area contributed by atoms with Crippen molar-refractivity contribution in [2.75, 3.05) is 30.0 Å². The molecule has 14 heteroatoms. The summed E-state index contributed by atoms with van der Waals surface area (Å²) in [4.78, 5) is 21.0. The summed E-state index contributed by atoms with van der Waals surface area (Å²) in [5.41, 5.74) is -1.05. The van der Waals surface area contributed by atoms with Gasteiger partial charge in [-0.1, -0.05) is 0 Å². The van der Waals surface area contributed by atoms with Crippen molar-refractivity contribution in [2.24, 2.45) is 0 Å². The largest absolute Gasteiger partial charge is 0.419 e. The zero-order valence-corrected chi connectivity index (χ0v) is 17.2. The SMILES string of the molecule is O=C1COCCN1c1ccc(Nc2ncc(C(F)(F)F)c(-c3cnn(CC(F)(F)F)c3)n2)cc1.